The molecule has 3 rings (SSSR count). The SMILES string of the molecule is NC(=O)c1[nH]c2ccc(Br)c(Br)c2c1S(=O)(=O)N1CCOCC1. The lowest BCUT2D eigenvalue weighted by Gasteiger charge is -2.26. The van der Waals surface area contributed by atoms with Crippen LogP contribution < -0.4 is 5.73 Å². The lowest BCUT2D eigenvalue weighted by molar-refractivity contribution is 0.0730. The van der Waals surface area contributed by atoms with Crippen LogP contribution in [0.1, 0.15) is 10.5 Å². The number of carbonyl (C=O) groups excluding carboxylic acids is 1. The van der Waals surface area contributed by atoms with Crippen LogP contribution in [0.4, 0.5) is 0 Å². The average molecular weight is 467 g/mol. The van der Waals surface area contributed by atoms with E-state index in [1.54, 1.807) is 12.1 Å². The van der Waals surface area contributed by atoms with Gasteiger partial charge in [-0.05, 0) is 44.0 Å². The first kappa shape index (κ1) is 16.9. The number of amides is 1. The van der Waals surface area contributed by atoms with E-state index in [4.69, 9.17) is 10.5 Å². The van der Waals surface area contributed by atoms with Crippen molar-refractivity contribution in [3.63, 3.8) is 0 Å². The summed E-state index contributed by atoms with van der Waals surface area (Å²) in [6.45, 7) is 1.11. The smallest absolute Gasteiger partial charge is 0.266 e. The first-order chi connectivity index (χ1) is 10.8. The Morgan fingerprint density at radius 1 is 1.26 bits per heavy atom. The van der Waals surface area contributed by atoms with Crippen molar-refractivity contribution in [2.24, 2.45) is 5.73 Å². The van der Waals surface area contributed by atoms with Gasteiger partial charge in [-0.1, -0.05) is 0 Å². The number of aromatic amines is 1. The molecule has 23 heavy (non-hydrogen) atoms. The van der Waals surface area contributed by atoms with Crippen molar-refractivity contribution in [2.75, 3.05) is 26.3 Å². The van der Waals surface area contributed by atoms with Gasteiger partial charge >= 0.3 is 0 Å². The molecule has 2 aromatic rings. The van der Waals surface area contributed by atoms with Gasteiger partial charge in [0.1, 0.15) is 10.6 Å². The number of aromatic nitrogens is 1. The number of nitrogens with one attached hydrogen (secondary N) is 1. The highest BCUT2D eigenvalue weighted by Gasteiger charge is 2.34. The predicted molar refractivity (Wildman–Crippen MR) is 91.8 cm³/mol. The summed E-state index contributed by atoms with van der Waals surface area (Å²) in [6.07, 6.45) is 0. The molecule has 124 valence electrons. The second-order valence-corrected chi connectivity index (χ2v) is 8.52. The van der Waals surface area contributed by atoms with E-state index in [1.165, 1.54) is 4.31 Å². The van der Waals surface area contributed by atoms with Gasteiger partial charge in [0.15, 0.2) is 0 Å². The first-order valence-corrected chi connectivity index (χ1v) is 9.74. The molecule has 1 aromatic heterocycles. The molecule has 0 atom stereocenters. The Balaban J connectivity index is 2.32. The number of primary amides is 1. The normalized spacial score (nSPS) is 16.8. The van der Waals surface area contributed by atoms with E-state index in [0.717, 1.165) is 0 Å². The van der Waals surface area contributed by atoms with E-state index in [1.807, 2.05) is 0 Å². The number of nitrogens with two attached hydrogens (primary N) is 1. The summed E-state index contributed by atoms with van der Waals surface area (Å²) in [6, 6.07) is 3.44. The maximum atomic E-state index is 13.1. The molecular formula is C13H13Br2N3O4S. The monoisotopic (exact) mass is 465 g/mol. The van der Waals surface area contributed by atoms with E-state index < -0.39 is 15.9 Å². The fourth-order valence-electron chi connectivity index (χ4n) is 2.54. The number of H-pyrrole nitrogens is 1. The third kappa shape index (κ3) is 2.82. The van der Waals surface area contributed by atoms with Crippen LogP contribution in [0.15, 0.2) is 26.0 Å². The largest absolute Gasteiger partial charge is 0.379 e. The lowest BCUT2D eigenvalue weighted by atomic mass is 10.2. The molecule has 0 aliphatic carbocycles. The quantitative estimate of drug-likeness (QED) is 0.719. The number of carbonyl (C=O) groups is 1. The highest BCUT2D eigenvalue weighted by Crippen LogP contribution is 2.38. The topological polar surface area (TPSA) is 105 Å². The van der Waals surface area contributed by atoms with E-state index in [-0.39, 0.29) is 23.7 Å². The van der Waals surface area contributed by atoms with Crippen molar-refractivity contribution in [3.05, 3.63) is 26.8 Å². The van der Waals surface area contributed by atoms with Crippen molar-refractivity contribution in [1.29, 1.82) is 0 Å². The van der Waals surface area contributed by atoms with Crippen molar-refractivity contribution in [2.45, 2.75) is 4.90 Å². The number of sulfonamides is 1. The molecule has 1 amide bonds. The minimum atomic E-state index is -3.89. The fraction of sp³-hybridized carbons (Fsp3) is 0.308. The maximum absolute atomic E-state index is 13.1. The Morgan fingerprint density at radius 2 is 1.91 bits per heavy atom. The molecular weight excluding hydrogens is 454 g/mol. The zero-order valence-corrected chi connectivity index (χ0v) is 15.8. The summed E-state index contributed by atoms with van der Waals surface area (Å²) in [7, 11) is -3.89. The zero-order valence-electron chi connectivity index (χ0n) is 11.8. The molecule has 2 heterocycles. The number of hydrogen-bond acceptors (Lipinski definition) is 4. The van der Waals surface area contributed by atoms with Crippen LogP contribution in [0.2, 0.25) is 0 Å². The number of benzene rings is 1. The summed E-state index contributed by atoms with van der Waals surface area (Å²) in [5.74, 6) is -0.823. The second-order valence-electron chi connectivity index (χ2n) is 4.99. The first-order valence-electron chi connectivity index (χ1n) is 6.71. The summed E-state index contributed by atoms with van der Waals surface area (Å²) in [5.41, 5.74) is 5.78. The van der Waals surface area contributed by atoms with Gasteiger partial charge in [-0.25, -0.2) is 8.42 Å². The second kappa shape index (κ2) is 6.17. The molecule has 0 radical (unpaired) electrons. The number of halogens is 2. The Labute approximate surface area is 149 Å². The molecule has 1 fully saturated rings. The molecule has 1 aliphatic heterocycles. The summed E-state index contributed by atoms with van der Waals surface area (Å²) in [4.78, 5) is 14.5. The van der Waals surface area contributed by atoms with Gasteiger partial charge in [-0.3, -0.25) is 4.79 Å². The Morgan fingerprint density at radius 3 is 2.52 bits per heavy atom. The van der Waals surface area contributed by atoms with Gasteiger partial charge in [0.05, 0.1) is 13.2 Å². The molecule has 1 saturated heterocycles. The number of fused-ring (bicyclic) bond motifs is 1. The minimum absolute atomic E-state index is 0.102. The zero-order chi connectivity index (χ0) is 16.8. The summed E-state index contributed by atoms with van der Waals surface area (Å²) in [5, 5.41) is 0.402. The summed E-state index contributed by atoms with van der Waals surface area (Å²) >= 11 is 6.74. The molecule has 7 nitrogen and oxygen atoms in total. The minimum Gasteiger partial charge on any atom is -0.379 e. The van der Waals surface area contributed by atoms with Crippen molar-refractivity contribution >= 4 is 58.7 Å². The number of rotatable bonds is 3. The number of ether oxygens (including phenoxy) is 1. The van der Waals surface area contributed by atoms with Crippen LogP contribution >= 0.6 is 31.9 Å². The van der Waals surface area contributed by atoms with Crippen LogP contribution in [0.25, 0.3) is 10.9 Å². The molecule has 0 saturated carbocycles. The van der Waals surface area contributed by atoms with E-state index >= 15 is 0 Å². The van der Waals surface area contributed by atoms with Crippen molar-refractivity contribution < 1.29 is 17.9 Å². The summed E-state index contributed by atoms with van der Waals surface area (Å²) < 4.78 is 33.8. The average Bonchev–Trinajstić information content (AvgIpc) is 2.93. The molecule has 0 bridgehead atoms. The van der Waals surface area contributed by atoms with Crippen LogP contribution in [0.5, 0.6) is 0 Å². The van der Waals surface area contributed by atoms with Gasteiger partial charge < -0.3 is 15.5 Å². The van der Waals surface area contributed by atoms with E-state index in [0.29, 0.717) is 33.1 Å². The third-order valence-electron chi connectivity index (χ3n) is 3.62. The molecule has 3 N–H and O–H groups in total. The third-order valence-corrected chi connectivity index (χ3v) is 7.61. The van der Waals surface area contributed by atoms with Gasteiger partial charge in [0.25, 0.3) is 5.91 Å². The number of morpholine rings is 1. The molecule has 1 aliphatic rings. The van der Waals surface area contributed by atoms with E-state index in [9.17, 15) is 13.2 Å². The number of hydrogen-bond donors (Lipinski definition) is 2. The highest BCUT2D eigenvalue weighted by molar-refractivity contribution is 9.13. The molecule has 0 spiro atoms. The van der Waals surface area contributed by atoms with Crippen LogP contribution in [-0.4, -0.2) is 49.9 Å². The predicted octanol–water partition coefficient (Wildman–Crippen LogP) is 1.81. The van der Waals surface area contributed by atoms with Crippen LogP contribution in [-0.2, 0) is 14.8 Å². The molecule has 1 aromatic carbocycles. The van der Waals surface area contributed by atoms with Crippen molar-refractivity contribution in [1.82, 2.24) is 9.29 Å². The van der Waals surface area contributed by atoms with Gasteiger partial charge in [0, 0.05) is 32.9 Å². The van der Waals surface area contributed by atoms with Crippen LogP contribution in [0.3, 0.4) is 0 Å². The van der Waals surface area contributed by atoms with Gasteiger partial charge in [-0.15, -0.1) is 0 Å². The molecule has 10 heteroatoms. The fourth-order valence-corrected chi connectivity index (χ4v) is 5.31. The van der Waals surface area contributed by atoms with Gasteiger partial charge in [0.2, 0.25) is 10.0 Å². The Kier molecular flexibility index (Phi) is 4.53. The van der Waals surface area contributed by atoms with Crippen molar-refractivity contribution in [3.8, 4) is 0 Å². The molecule has 0 unspecified atom stereocenters. The Bertz CT molecular complexity index is 888. The van der Waals surface area contributed by atoms with Gasteiger partial charge in [-0.2, -0.15) is 4.31 Å². The van der Waals surface area contributed by atoms with E-state index in [2.05, 4.69) is 36.8 Å². The number of nitrogens with zero attached hydrogens (tertiary/aromatic N) is 1. The standard InChI is InChI=1S/C13H13Br2N3O4S/c14-7-1-2-8-9(10(7)15)12(11(17-8)13(16)19)23(20,21)18-3-5-22-6-4-18/h1-2,17H,3-6H2,(H2,16,19). The lowest BCUT2D eigenvalue weighted by Crippen LogP contribution is -2.41. The Hall–Kier alpha value is -0.940. The highest BCUT2D eigenvalue weighted by atomic mass is 79.9. The van der Waals surface area contributed by atoms with Crippen LogP contribution in [0, 0.1) is 0 Å². The maximum Gasteiger partial charge on any atom is 0.266 e.